The molecule has 7 nitrogen and oxygen atoms in total. The maximum absolute atomic E-state index is 10.7. The first-order valence-electron chi connectivity index (χ1n) is 8.41. The van der Waals surface area contributed by atoms with Crippen LogP contribution >= 0.6 is 0 Å². The first-order chi connectivity index (χ1) is 13.1. The molecule has 0 spiro atoms. The van der Waals surface area contributed by atoms with Gasteiger partial charge in [0.2, 0.25) is 0 Å². The highest BCUT2D eigenvalue weighted by molar-refractivity contribution is 5.45. The SMILES string of the molecule is COCc1ccc(O[C@@H](CO)[C@H](O)c2ccc(OC)c(OC)c2)c(OC)c1. The highest BCUT2D eigenvalue weighted by Gasteiger charge is 2.24. The van der Waals surface area contributed by atoms with Crippen LogP contribution in [-0.4, -0.2) is 51.4 Å². The fraction of sp³-hybridized carbons (Fsp3) is 0.400. The molecule has 27 heavy (non-hydrogen) atoms. The number of hydrogen-bond donors (Lipinski definition) is 2. The van der Waals surface area contributed by atoms with Crippen LogP contribution in [0.4, 0.5) is 0 Å². The zero-order chi connectivity index (χ0) is 19.8. The molecule has 0 heterocycles. The molecule has 2 rings (SSSR count). The predicted molar refractivity (Wildman–Crippen MR) is 99.7 cm³/mol. The summed E-state index contributed by atoms with van der Waals surface area (Å²) in [5.41, 5.74) is 1.45. The standard InChI is InChI=1S/C20H26O7/c1-23-12-13-5-7-16(17(9-13)25-3)27-19(11-21)20(22)14-6-8-15(24-2)18(10-14)26-4/h5-10,19-22H,11-12H2,1-4H3/t19-,20+/m0/s1. The molecule has 2 aromatic rings. The third-order valence-electron chi connectivity index (χ3n) is 4.10. The van der Waals surface area contributed by atoms with Gasteiger partial charge in [0.05, 0.1) is 34.5 Å². The van der Waals surface area contributed by atoms with Crippen LogP contribution < -0.4 is 18.9 Å². The van der Waals surface area contributed by atoms with Gasteiger partial charge in [-0.2, -0.15) is 0 Å². The number of aliphatic hydroxyl groups is 2. The van der Waals surface area contributed by atoms with E-state index in [1.54, 1.807) is 37.4 Å². The first-order valence-corrected chi connectivity index (χ1v) is 8.41. The Morgan fingerprint density at radius 2 is 1.44 bits per heavy atom. The molecule has 148 valence electrons. The molecule has 0 radical (unpaired) electrons. The Labute approximate surface area is 159 Å². The molecule has 2 atom stereocenters. The zero-order valence-corrected chi connectivity index (χ0v) is 16.0. The molecule has 7 heteroatoms. The van der Waals surface area contributed by atoms with Crippen molar-refractivity contribution in [3.8, 4) is 23.0 Å². The van der Waals surface area contributed by atoms with Crippen LogP contribution in [0.15, 0.2) is 36.4 Å². The molecule has 0 aliphatic heterocycles. The lowest BCUT2D eigenvalue weighted by atomic mass is 10.0. The van der Waals surface area contributed by atoms with E-state index in [1.807, 2.05) is 6.07 Å². The van der Waals surface area contributed by atoms with Crippen LogP contribution in [0.25, 0.3) is 0 Å². The molecular weight excluding hydrogens is 352 g/mol. The quantitative estimate of drug-likeness (QED) is 0.656. The zero-order valence-electron chi connectivity index (χ0n) is 16.0. The van der Waals surface area contributed by atoms with E-state index in [2.05, 4.69) is 0 Å². The average molecular weight is 378 g/mol. The van der Waals surface area contributed by atoms with Gasteiger partial charge < -0.3 is 33.9 Å². The second-order valence-electron chi connectivity index (χ2n) is 5.82. The van der Waals surface area contributed by atoms with Crippen LogP contribution in [-0.2, 0) is 11.3 Å². The highest BCUT2D eigenvalue weighted by Crippen LogP contribution is 2.34. The molecule has 0 unspecified atom stereocenters. The third-order valence-corrected chi connectivity index (χ3v) is 4.10. The van der Waals surface area contributed by atoms with Gasteiger partial charge >= 0.3 is 0 Å². The highest BCUT2D eigenvalue weighted by atomic mass is 16.5. The van der Waals surface area contributed by atoms with E-state index in [9.17, 15) is 10.2 Å². The van der Waals surface area contributed by atoms with E-state index >= 15 is 0 Å². The number of rotatable bonds is 10. The van der Waals surface area contributed by atoms with E-state index in [4.69, 9.17) is 23.7 Å². The summed E-state index contributed by atoms with van der Waals surface area (Å²) in [7, 11) is 6.18. The number of hydrogen-bond acceptors (Lipinski definition) is 7. The van der Waals surface area contributed by atoms with Crippen LogP contribution in [0, 0.1) is 0 Å². The number of benzene rings is 2. The molecule has 0 aromatic heterocycles. The first kappa shape index (κ1) is 20.8. The molecule has 2 N–H and O–H groups in total. The van der Waals surface area contributed by atoms with Crippen molar-refractivity contribution in [1.82, 2.24) is 0 Å². The fourth-order valence-electron chi connectivity index (χ4n) is 2.68. The number of ether oxygens (including phenoxy) is 5. The summed E-state index contributed by atoms with van der Waals surface area (Å²) in [6, 6.07) is 10.4. The molecule has 2 aromatic carbocycles. The molecular formula is C20H26O7. The van der Waals surface area contributed by atoms with Gasteiger partial charge in [0, 0.05) is 7.11 Å². The summed E-state index contributed by atoms with van der Waals surface area (Å²) in [6.45, 7) is 0.0484. The van der Waals surface area contributed by atoms with Crippen molar-refractivity contribution in [2.24, 2.45) is 0 Å². The summed E-state index contributed by atoms with van der Waals surface area (Å²) in [6.07, 6.45) is -1.98. The van der Waals surface area contributed by atoms with Crippen molar-refractivity contribution < 1.29 is 33.9 Å². The van der Waals surface area contributed by atoms with Crippen LogP contribution in [0.5, 0.6) is 23.0 Å². The third kappa shape index (κ3) is 5.03. The summed E-state index contributed by atoms with van der Waals surface area (Å²) in [5, 5.41) is 20.4. The van der Waals surface area contributed by atoms with Crippen molar-refractivity contribution >= 4 is 0 Å². The minimum absolute atomic E-state index is 0.390. The van der Waals surface area contributed by atoms with E-state index in [1.165, 1.54) is 21.3 Å². The maximum atomic E-state index is 10.7. The van der Waals surface area contributed by atoms with Crippen LogP contribution in [0.3, 0.4) is 0 Å². The molecule has 0 amide bonds. The largest absolute Gasteiger partial charge is 0.493 e. The van der Waals surface area contributed by atoms with Gasteiger partial charge in [-0.3, -0.25) is 0 Å². The number of methoxy groups -OCH3 is 4. The van der Waals surface area contributed by atoms with E-state index in [-0.39, 0.29) is 0 Å². The minimum atomic E-state index is -1.09. The lowest BCUT2D eigenvalue weighted by Crippen LogP contribution is -2.29. The second kappa shape index (κ2) is 10.0. The van der Waals surface area contributed by atoms with E-state index in [0.717, 1.165) is 5.56 Å². The van der Waals surface area contributed by atoms with Gasteiger partial charge in [0.25, 0.3) is 0 Å². The van der Waals surface area contributed by atoms with Crippen molar-refractivity contribution in [2.45, 2.75) is 18.8 Å². The molecule has 0 saturated heterocycles. The van der Waals surface area contributed by atoms with Crippen molar-refractivity contribution in [3.63, 3.8) is 0 Å². The summed E-state index contributed by atoms with van der Waals surface area (Å²) in [4.78, 5) is 0. The lowest BCUT2D eigenvalue weighted by molar-refractivity contribution is -0.000546. The van der Waals surface area contributed by atoms with E-state index < -0.39 is 18.8 Å². The minimum Gasteiger partial charge on any atom is -0.493 e. The Morgan fingerprint density at radius 1 is 0.815 bits per heavy atom. The van der Waals surface area contributed by atoms with Crippen LogP contribution in [0.2, 0.25) is 0 Å². The Bertz CT molecular complexity index is 732. The number of aliphatic hydroxyl groups excluding tert-OH is 2. The van der Waals surface area contributed by atoms with Gasteiger partial charge in [-0.1, -0.05) is 12.1 Å². The Hall–Kier alpha value is -2.48. The topological polar surface area (TPSA) is 86.6 Å². The molecule has 0 bridgehead atoms. The summed E-state index contributed by atoms with van der Waals surface area (Å²) < 4.78 is 26.7. The normalized spacial score (nSPS) is 13.0. The van der Waals surface area contributed by atoms with Crippen molar-refractivity contribution in [2.75, 3.05) is 35.0 Å². The molecule has 0 aliphatic carbocycles. The van der Waals surface area contributed by atoms with E-state index in [0.29, 0.717) is 35.2 Å². The average Bonchev–Trinajstić information content (AvgIpc) is 2.71. The van der Waals surface area contributed by atoms with Crippen molar-refractivity contribution in [1.29, 1.82) is 0 Å². The molecule has 0 saturated carbocycles. The van der Waals surface area contributed by atoms with Gasteiger partial charge in [-0.05, 0) is 35.4 Å². The Balaban J connectivity index is 2.24. The smallest absolute Gasteiger partial charge is 0.161 e. The monoisotopic (exact) mass is 378 g/mol. The van der Waals surface area contributed by atoms with Crippen LogP contribution in [0.1, 0.15) is 17.2 Å². The lowest BCUT2D eigenvalue weighted by Gasteiger charge is -2.24. The van der Waals surface area contributed by atoms with Crippen molar-refractivity contribution in [3.05, 3.63) is 47.5 Å². The Kier molecular flexibility index (Phi) is 7.72. The molecule has 0 aliphatic rings. The van der Waals surface area contributed by atoms with Gasteiger partial charge in [0.15, 0.2) is 29.1 Å². The van der Waals surface area contributed by atoms with Gasteiger partial charge in [-0.15, -0.1) is 0 Å². The second-order valence-corrected chi connectivity index (χ2v) is 5.82. The predicted octanol–water partition coefficient (Wildman–Crippen LogP) is 2.33. The van der Waals surface area contributed by atoms with Gasteiger partial charge in [0.1, 0.15) is 6.10 Å². The summed E-state index contributed by atoms with van der Waals surface area (Å²) >= 11 is 0. The Morgan fingerprint density at radius 3 is 2.04 bits per heavy atom. The van der Waals surface area contributed by atoms with Gasteiger partial charge in [-0.25, -0.2) is 0 Å². The maximum Gasteiger partial charge on any atom is 0.161 e. The molecule has 0 fully saturated rings. The summed E-state index contributed by atoms with van der Waals surface area (Å²) in [5.74, 6) is 1.93. The fourth-order valence-corrected chi connectivity index (χ4v) is 2.68.